The summed E-state index contributed by atoms with van der Waals surface area (Å²) in [7, 11) is 0. The predicted molar refractivity (Wildman–Crippen MR) is 41.7 cm³/mol. The van der Waals surface area contributed by atoms with Gasteiger partial charge in [0, 0.05) is 5.54 Å². The van der Waals surface area contributed by atoms with Crippen LogP contribution in [0.15, 0.2) is 0 Å². The van der Waals surface area contributed by atoms with Gasteiger partial charge in [0.05, 0.1) is 0 Å². The fraction of sp³-hybridized carbons (Fsp3) is 1.00. The third-order valence-corrected chi connectivity index (χ3v) is 3.28. The summed E-state index contributed by atoms with van der Waals surface area (Å²) in [6.45, 7) is 2.08. The highest BCUT2D eigenvalue weighted by atomic mass is 15.0. The standard InChI is InChI=1S/C8H16N2/c9-6-7-2-5-10-8(7)3-1-4-8/h7,10H,1-6,9H2. The lowest BCUT2D eigenvalue weighted by molar-refractivity contribution is 0.156. The van der Waals surface area contributed by atoms with E-state index in [1.54, 1.807) is 0 Å². The zero-order valence-corrected chi connectivity index (χ0v) is 6.40. The van der Waals surface area contributed by atoms with Crippen molar-refractivity contribution in [2.75, 3.05) is 13.1 Å². The Balaban J connectivity index is 2.05. The quantitative estimate of drug-likeness (QED) is 0.556. The SMILES string of the molecule is NCC1CCNC12CCC2. The Morgan fingerprint density at radius 2 is 2.30 bits per heavy atom. The van der Waals surface area contributed by atoms with Crippen molar-refractivity contribution in [2.45, 2.75) is 31.2 Å². The summed E-state index contributed by atoms with van der Waals surface area (Å²) in [6, 6.07) is 0. The average Bonchev–Trinajstić information content (AvgIpc) is 2.27. The van der Waals surface area contributed by atoms with E-state index in [1.165, 1.54) is 32.2 Å². The third-order valence-electron chi connectivity index (χ3n) is 3.28. The second kappa shape index (κ2) is 2.21. The second-order valence-electron chi connectivity index (χ2n) is 3.66. The van der Waals surface area contributed by atoms with Crippen molar-refractivity contribution in [3.05, 3.63) is 0 Å². The molecule has 1 aliphatic heterocycles. The van der Waals surface area contributed by atoms with Gasteiger partial charge in [-0.15, -0.1) is 0 Å². The van der Waals surface area contributed by atoms with Crippen molar-refractivity contribution < 1.29 is 0 Å². The van der Waals surface area contributed by atoms with Gasteiger partial charge in [-0.1, -0.05) is 0 Å². The first-order valence-electron chi connectivity index (χ1n) is 4.32. The lowest BCUT2D eigenvalue weighted by Crippen LogP contribution is -2.52. The van der Waals surface area contributed by atoms with Gasteiger partial charge in [0.2, 0.25) is 0 Å². The van der Waals surface area contributed by atoms with E-state index >= 15 is 0 Å². The van der Waals surface area contributed by atoms with Gasteiger partial charge in [-0.05, 0) is 44.7 Å². The van der Waals surface area contributed by atoms with Crippen molar-refractivity contribution in [3.63, 3.8) is 0 Å². The van der Waals surface area contributed by atoms with Crippen LogP contribution in [0.1, 0.15) is 25.7 Å². The van der Waals surface area contributed by atoms with Crippen molar-refractivity contribution in [2.24, 2.45) is 11.7 Å². The van der Waals surface area contributed by atoms with Crippen molar-refractivity contribution in [1.29, 1.82) is 0 Å². The van der Waals surface area contributed by atoms with Crippen LogP contribution in [0, 0.1) is 5.92 Å². The van der Waals surface area contributed by atoms with Gasteiger partial charge in [0.1, 0.15) is 0 Å². The molecule has 2 fully saturated rings. The molecular formula is C8H16N2. The molecular weight excluding hydrogens is 124 g/mol. The molecule has 2 nitrogen and oxygen atoms in total. The highest BCUT2D eigenvalue weighted by Crippen LogP contribution is 2.42. The van der Waals surface area contributed by atoms with Gasteiger partial charge in [-0.2, -0.15) is 0 Å². The van der Waals surface area contributed by atoms with Crippen LogP contribution < -0.4 is 11.1 Å². The van der Waals surface area contributed by atoms with Crippen molar-refractivity contribution in [3.8, 4) is 0 Å². The molecule has 1 saturated carbocycles. The molecule has 2 heteroatoms. The second-order valence-corrected chi connectivity index (χ2v) is 3.66. The molecule has 10 heavy (non-hydrogen) atoms. The minimum atomic E-state index is 0.509. The summed E-state index contributed by atoms with van der Waals surface area (Å²) in [5.74, 6) is 0.779. The molecule has 0 amide bonds. The van der Waals surface area contributed by atoms with Gasteiger partial charge >= 0.3 is 0 Å². The molecule has 2 aliphatic rings. The molecule has 58 valence electrons. The lowest BCUT2D eigenvalue weighted by Gasteiger charge is -2.43. The Hall–Kier alpha value is -0.0800. The van der Waals surface area contributed by atoms with E-state index in [2.05, 4.69) is 5.32 Å². The number of hydrogen-bond acceptors (Lipinski definition) is 2. The van der Waals surface area contributed by atoms with Crippen molar-refractivity contribution >= 4 is 0 Å². The molecule has 1 unspecified atom stereocenters. The molecule has 1 saturated heterocycles. The maximum atomic E-state index is 5.68. The minimum absolute atomic E-state index is 0.509. The van der Waals surface area contributed by atoms with Crippen LogP contribution in [0.25, 0.3) is 0 Å². The lowest BCUT2D eigenvalue weighted by atomic mass is 9.69. The molecule has 0 aromatic carbocycles. The summed E-state index contributed by atoms with van der Waals surface area (Å²) in [5, 5.41) is 3.59. The van der Waals surface area contributed by atoms with Crippen LogP contribution >= 0.6 is 0 Å². The Kier molecular flexibility index (Phi) is 1.46. The summed E-state index contributed by atoms with van der Waals surface area (Å²) in [5.41, 5.74) is 6.19. The number of rotatable bonds is 1. The fourth-order valence-electron chi connectivity index (χ4n) is 2.40. The Morgan fingerprint density at radius 1 is 1.50 bits per heavy atom. The molecule has 1 atom stereocenters. The van der Waals surface area contributed by atoms with E-state index in [4.69, 9.17) is 5.73 Å². The zero-order valence-electron chi connectivity index (χ0n) is 6.40. The van der Waals surface area contributed by atoms with Crippen LogP contribution in [-0.4, -0.2) is 18.6 Å². The fourth-order valence-corrected chi connectivity index (χ4v) is 2.40. The Bertz CT molecular complexity index is 129. The Morgan fingerprint density at radius 3 is 2.70 bits per heavy atom. The number of nitrogens with two attached hydrogens (primary N) is 1. The molecule has 0 bridgehead atoms. The monoisotopic (exact) mass is 140 g/mol. The molecule has 1 aliphatic carbocycles. The molecule has 1 heterocycles. The van der Waals surface area contributed by atoms with Gasteiger partial charge in [-0.25, -0.2) is 0 Å². The molecule has 3 N–H and O–H groups in total. The molecule has 1 spiro atoms. The van der Waals surface area contributed by atoms with E-state index in [0.717, 1.165) is 12.5 Å². The van der Waals surface area contributed by atoms with Gasteiger partial charge in [0.25, 0.3) is 0 Å². The van der Waals surface area contributed by atoms with Crippen LogP contribution in [0.5, 0.6) is 0 Å². The smallest absolute Gasteiger partial charge is 0.0222 e. The van der Waals surface area contributed by atoms with E-state index in [1.807, 2.05) is 0 Å². The highest BCUT2D eigenvalue weighted by molar-refractivity contribution is 5.05. The van der Waals surface area contributed by atoms with Crippen LogP contribution in [-0.2, 0) is 0 Å². The van der Waals surface area contributed by atoms with E-state index in [-0.39, 0.29) is 0 Å². The third kappa shape index (κ3) is 0.722. The van der Waals surface area contributed by atoms with Crippen LogP contribution in [0.4, 0.5) is 0 Å². The maximum Gasteiger partial charge on any atom is 0.0222 e. The first kappa shape index (κ1) is 6.62. The molecule has 0 aromatic heterocycles. The molecule has 0 aromatic rings. The largest absolute Gasteiger partial charge is 0.330 e. The van der Waals surface area contributed by atoms with Gasteiger partial charge in [-0.3, -0.25) is 0 Å². The zero-order chi connectivity index (χ0) is 7.03. The highest BCUT2D eigenvalue weighted by Gasteiger charge is 2.45. The van der Waals surface area contributed by atoms with Crippen LogP contribution in [0.3, 0.4) is 0 Å². The summed E-state index contributed by atoms with van der Waals surface area (Å²) in [6.07, 6.45) is 5.45. The predicted octanol–water partition coefficient (Wildman–Crippen LogP) is 0.477. The van der Waals surface area contributed by atoms with E-state index in [9.17, 15) is 0 Å². The van der Waals surface area contributed by atoms with Gasteiger partial charge in [0.15, 0.2) is 0 Å². The van der Waals surface area contributed by atoms with Crippen LogP contribution in [0.2, 0.25) is 0 Å². The first-order chi connectivity index (χ1) is 4.87. The summed E-state index contributed by atoms with van der Waals surface area (Å²) in [4.78, 5) is 0. The topological polar surface area (TPSA) is 38.0 Å². The minimum Gasteiger partial charge on any atom is -0.330 e. The van der Waals surface area contributed by atoms with E-state index < -0.39 is 0 Å². The molecule has 2 rings (SSSR count). The average molecular weight is 140 g/mol. The normalized spacial score (nSPS) is 36.3. The first-order valence-corrected chi connectivity index (χ1v) is 4.32. The van der Waals surface area contributed by atoms with Crippen molar-refractivity contribution in [1.82, 2.24) is 5.32 Å². The number of nitrogens with one attached hydrogen (secondary N) is 1. The van der Waals surface area contributed by atoms with Gasteiger partial charge < -0.3 is 11.1 Å². The summed E-state index contributed by atoms with van der Waals surface area (Å²) >= 11 is 0. The maximum absolute atomic E-state index is 5.68. The number of hydrogen-bond donors (Lipinski definition) is 2. The Labute approximate surface area is 62.2 Å². The molecule has 0 radical (unpaired) electrons. The summed E-state index contributed by atoms with van der Waals surface area (Å²) < 4.78 is 0. The van der Waals surface area contributed by atoms with E-state index in [0.29, 0.717) is 5.54 Å².